The smallest absolute Gasteiger partial charge is 0.262 e. The van der Waals surface area contributed by atoms with Crippen molar-refractivity contribution in [2.24, 2.45) is 0 Å². The van der Waals surface area contributed by atoms with Crippen LogP contribution in [0.5, 0.6) is 11.5 Å². The number of nitriles is 1. The Hall–Kier alpha value is -2.04. The predicted molar refractivity (Wildman–Crippen MR) is 92.8 cm³/mol. The van der Waals surface area contributed by atoms with Crippen LogP contribution < -0.4 is 14.8 Å². The summed E-state index contributed by atoms with van der Waals surface area (Å²) in [5.74, 6) is 0.644. The molecule has 1 saturated heterocycles. The zero-order chi connectivity index (χ0) is 17.5. The van der Waals surface area contributed by atoms with E-state index in [4.69, 9.17) is 14.2 Å². The summed E-state index contributed by atoms with van der Waals surface area (Å²) in [6.45, 7) is 1.13. The maximum atomic E-state index is 12.2. The van der Waals surface area contributed by atoms with Crippen molar-refractivity contribution in [3.8, 4) is 17.6 Å². The van der Waals surface area contributed by atoms with Crippen LogP contribution in [0.2, 0.25) is 0 Å². The number of rotatable bonds is 6. The van der Waals surface area contributed by atoms with Gasteiger partial charge in [0.2, 0.25) is 0 Å². The van der Waals surface area contributed by atoms with Crippen LogP contribution in [0.15, 0.2) is 22.2 Å². The van der Waals surface area contributed by atoms with Gasteiger partial charge in [-0.15, -0.1) is 0 Å². The molecule has 7 heteroatoms. The van der Waals surface area contributed by atoms with Crippen molar-refractivity contribution in [3.63, 3.8) is 0 Å². The summed E-state index contributed by atoms with van der Waals surface area (Å²) in [4.78, 5) is 12.2. The highest BCUT2D eigenvalue weighted by atomic mass is 79.9. The number of methoxy groups -OCH3 is 2. The van der Waals surface area contributed by atoms with Gasteiger partial charge in [0.25, 0.3) is 5.91 Å². The minimum atomic E-state index is -0.418. The van der Waals surface area contributed by atoms with Crippen LogP contribution in [0.4, 0.5) is 0 Å². The molecule has 1 heterocycles. The van der Waals surface area contributed by atoms with E-state index >= 15 is 0 Å². The van der Waals surface area contributed by atoms with E-state index < -0.39 is 5.91 Å². The molecule has 1 aromatic carbocycles. The number of hydrogen-bond donors (Lipinski definition) is 1. The van der Waals surface area contributed by atoms with Crippen LogP contribution in [0, 0.1) is 11.3 Å². The van der Waals surface area contributed by atoms with Crippen molar-refractivity contribution in [3.05, 3.63) is 27.7 Å². The third kappa shape index (κ3) is 4.49. The summed E-state index contributed by atoms with van der Waals surface area (Å²) in [6.07, 6.45) is 3.47. The normalized spacial score (nSPS) is 17.2. The highest BCUT2D eigenvalue weighted by Crippen LogP contribution is 2.36. The van der Waals surface area contributed by atoms with Crippen molar-refractivity contribution in [2.75, 3.05) is 27.4 Å². The van der Waals surface area contributed by atoms with Gasteiger partial charge >= 0.3 is 0 Å². The van der Waals surface area contributed by atoms with E-state index in [1.165, 1.54) is 20.3 Å². The number of benzene rings is 1. The summed E-state index contributed by atoms with van der Waals surface area (Å²) in [5.41, 5.74) is 0.676. The molecule has 128 valence electrons. The average molecular weight is 395 g/mol. The van der Waals surface area contributed by atoms with E-state index in [-0.39, 0.29) is 11.7 Å². The zero-order valence-electron chi connectivity index (χ0n) is 13.6. The molecular weight excluding hydrogens is 376 g/mol. The van der Waals surface area contributed by atoms with Crippen molar-refractivity contribution in [1.82, 2.24) is 5.32 Å². The first-order valence-electron chi connectivity index (χ1n) is 7.52. The third-order valence-electron chi connectivity index (χ3n) is 3.65. The lowest BCUT2D eigenvalue weighted by molar-refractivity contribution is -0.117. The summed E-state index contributed by atoms with van der Waals surface area (Å²) >= 11 is 3.39. The fraction of sp³-hybridized carbons (Fsp3) is 0.412. The Balaban J connectivity index is 2.15. The Morgan fingerprint density at radius 1 is 1.50 bits per heavy atom. The van der Waals surface area contributed by atoms with Crippen LogP contribution in [-0.4, -0.2) is 39.4 Å². The lowest BCUT2D eigenvalue weighted by Gasteiger charge is -2.11. The Morgan fingerprint density at radius 2 is 2.29 bits per heavy atom. The second-order valence-electron chi connectivity index (χ2n) is 5.25. The monoisotopic (exact) mass is 394 g/mol. The van der Waals surface area contributed by atoms with E-state index in [0.29, 0.717) is 28.1 Å². The van der Waals surface area contributed by atoms with Crippen molar-refractivity contribution in [2.45, 2.75) is 18.9 Å². The van der Waals surface area contributed by atoms with E-state index in [2.05, 4.69) is 21.2 Å². The quantitative estimate of drug-likeness (QED) is 0.592. The summed E-state index contributed by atoms with van der Waals surface area (Å²) < 4.78 is 16.6. The van der Waals surface area contributed by atoms with Crippen LogP contribution in [0.1, 0.15) is 18.4 Å². The molecule has 1 aliphatic heterocycles. The van der Waals surface area contributed by atoms with Crippen molar-refractivity contribution in [1.29, 1.82) is 5.26 Å². The fourth-order valence-electron chi connectivity index (χ4n) is 2.44. The fourth-order valence-corrected chi connectivity index (χ4v) is 3.07. The number of amides is 1. The molecule has 1 aliphatic rings. The van der Waals surface area contributed by atoms with Gasteiger partial charge in [0.15, 0.2) is 11.5 Å². The Kier molecular flexibility index (Phi) is 6.64. The molecule has 1 atom stereocenters. The Bertz CT molecular complexity index is 676. The van der Waals surface area contributed by atoms with Crippen LogP contribution in [-0.2, 0) is 9.53 Å². The number of halogens is 1. The van der Waals surface area contributed by atoms with E-state index in [0.717, 1.165) is 19.4 Å². The number of nitrogens with one attached hydrogen (secondary N) is 1. The molecule has 0 bridgehead atoms. The second-order valence-corrected chi connectivity index (χ2v) is 6.11. The molecule has 1 N–H and O–H groups in total. The topological polar surface area (TPSA) is 80.6 Å². The maximum absolute atomic E-state index is 12.2. The number of nitrogens with zero attached hydrogens (tertiary/aromatic N) is 1. The van der Waals surface area contributed by atoms with Crippen molar-refractivity contribution < 1.29 is 19.0 Å². The first-order valence-corrected chi connectivity index (χ1v) is 8.31. The van der Waals surface area contributed by atoms with Crippen molar-refractivity contribution >= 4 is 27.9 Å². The lowest BCUT2D eigenvalue weighted by Crippen LogP contribution is -2.32. The van der Waals surface area contributed by atoms with Gasteiger partial charge in [-0.25, -0.2) is 0 Å². The molecule has 0 aliphatic carbocycles. The number of hydrogen-bond acceptors (Lipinski definition) is 5. The molecular formula is C17H19BrN2O4. The first kappa shape index (κ1) is 18.3. The average Bonchev–Trinajstić information content (AvgIpc) is 3.10. The van der Waals surface area contributed by atoms with Gasteiger partial charge in [-0.2, -0.15) is 5.26 Å². The van der Waals surface area contributed by atoms with E-state index in [9.17, 15) is 10.1 Å². The minimum absolute atomic E-state index is 0.0205. The Morgan fingerprint density at radius 3 is 2.88 bits per heavy atom. The second kappa shape index (κ2) is 8.71. The summed E-state index contributed by atoms with van der Waals surface area (Å²) in [5, 5.41) is 12.0. The van der Waals surface area contributed by atoms with Gasteiger partial charge in [-0.1, -0.05) is 0 Å². The van der Waals surface area contributed by atoms with Crippen LogP contribution >= 0.6 is 15.9 Å². The van der Waals surface area contributed by atoms with Gasteiger partial charge in [-0.3, -0.25) is 4.79 Å². The van der Waals surface area contributed by atoms with Crippen LogP contribution in [0.3, 0.4) is 0 Å². The SMILES string of the molecule is COc1cc(/C=C(\C#N)C(=O)NC[C@@H]2CCCO2)cc(Br)c1OC. The van der Waals surface area contributed by atoms with Gasteiger partial charge < -0.3 is 19.5 Å². The molecule has 1 fully saturated rings. The highest BCUT2D eigenvalue weighted by Gasteiger charge is 2.18. The molecule has 6 nitrogen and oxygen atoms in total. The zero-order valence-corrected chi connectivity index (χ0v) is 15.2. The Labute approximate surface area is 149 Å². The first-order chi connectivity index (χ1) is 11.6. The molecule has 0 spiro atoms. The van der Waals surface area contributed by atoms with Gasteiger partial charge in [0, 0.05) is 13.2 Å². The van der Waals surface area contributed by atoms with E-state index in [1.54, 1.807) is 12.1 Å². The molecule has 0 saturated carbocycles. The van der Waals surface area contributed by atoms with Crippen LogP contribution in [0.25, 0.3) is 6.08 Å². The highest BCUT2D eigenvalue weighted by molar-refractivity contribution is 9.10. The van der Waals surface area contributed by atoms with Gasteiger partial charge in [0.05, 0.1) is 24.8 Å². The lowest BCUT2D eigenvalue weighted by atomic mass is 10.1. The largest absolute Gasteiger partial charge is 0.493 e. The molecule has 0 unspecified atom stereocenters. The molecule has 24 heavy (non-hydrogen) atoms. The molecule has 0 radical (unpaired) electrons. The third-order valence-corrected chi connectivity index (χ3v) is 4.24. The maximum Gasteiger partial charge on any atom is 0.262 e. The summed E-state index contributed by atoms with van der Waals surface area (Å²) in [7, 11) is 3.06. The van der Waals surface area contributed by atoms with Gasteiger partial charge in [0.1, 0.15) is 11.6 Å². The number of carbonyl (C=O) groups is 1. The van der Waals surface area contributed by atoms with E-state index in [1.807, 2.05) is 6.07 Å². The number of carbonyl (C=O) groups excluding carboxylic acids is 1. The van der Waals surface area contributed by atoms with Gasteiger partial charge in [-0.05, 0) is 52.5 Å². The molecule has 0 aromatic heterocycles. The standard InChI is InChI=1S/C17H19BrN2O4/c1-22-15-8-11(7-14(18)16(15)23-2)6-12(9-19)17(21)20-10-13-4-3-5-24-13/h6-8,13H,3-5,10H2,1-2H3,(H,20,21)/b12-6+/t13-/m0/s1. The molecule has 1 aromatic rings. The minimum Gasteiger partial charge on any atom is -0.493 e. The predicted octanol–water partition coefficient (Wildman–Crippen LogP) is 2.67. The molecule has 1 amide bonds. The number of ether oxygens (including phenoxy) is 3. The summed E-state index contributed by atoms with van der Waals surface area (Å²) in [6, 6.07) is 5.39. The molecule has 2 rings (SSSR count).